The Balaban J connectivity index is 4.90. The molecule has 0 fully saturated rings. The summed E-state index contributed by atoms with van der Waals surface area (Å²) in [5.74, 6) is -1.52. The molecule has 7 heteroatoms. The highest BCUT2D eigenvalue weighted by Gasteiger charge is 2.21. The second kappa shape index (κ2) is 12.0. The summed E-state index contributed by atoms with van der Waals surface area (Å²) in [6.45, 7) is 18.1. The van der Waals surface area contributed by atoms with Crippen LogP contribution in [0.4, 0.5) is 0 Å². The maximum Gasteiger partial charge on any atom is 0.333 e. The van der Waals surface area contributed by atoms with E-state index >= 15 is 0 Å². The first-order valence-electron chi connectivity index (χ1n) is 8.33. The van der Waals surface area contributed by atoms with Crippen LogP contribution in [0.1, 0.15) is 27.7 Å². The Morgan fingerprint density at radius 1 is 0.846 bits per heavy atom. The summed E-state index contributed by atoms with van der Waals surface area (Å²) < 4.78 is 15.6. The highest BCUT2D eigenvalue weighted by molar-refractivity contribution is 5.87. The Labute approximate surface area is 155 Å². The molecule has 3 atom stereocenters. The van der Waals surface area contributed by atoms with E-state index in [1.165, 1.54) is 0 Å². The van der Waals surface area contributed by atoms with Crippen molar-refractivity contribution in [3.05, 3.63) is 37.5 Å². The van der Waals surface area contributed by atoms with Crippen molar-refractivity contribution >= 4 is 17.9 Å². The zero-order chi connectivity index (χ0) is 20.3. The molecule has 0 spiro atoms. The Morgan fingerprint density at radius 3 is 1.50 bits per heavy atom. The van der Waals surface area contributed by atoms with E-state index in [1.54, 1.807) is 27.7 Å². The van der Waals surface area contributed by atoms with Crippen molar-refractivity contribution in [3.63, 3.8) is 0 Å². The maximum atomic E-state index is 11.6. The monoisotopic (exact) mass is 367 g/mol. The molecule has 7 nitrogen and oxygen atoms in total. The zero-order valence-corrected chi connectivity index (χ0v) is 16.0. The molecule has 146 valence electrons. The maximum absolute atomic E-state index is 11.6. The second-order valence-electron chi connectivity index (χ2n) is 6.12. The Morgan fingerprint density at radius 2 is 1.19 bits per heavy atom. The Kier molecular flexibility index (Phi) is 10.9. The number of nitrogens with zero attached hydrogens (tertiary/aromatic N) is 1. The van der Waals surface area contributed by atoms with E-state index in [-0.39, 0.29) is 0 Å². The molecule has 0 aliphatic rings. The van der Waals surface area contributed by atoms with Gasteiger partial charge in [-0.25, -0.2) is 14.4 Å². The molecule has 0 heterocycles. The lowest BCUT2D eigenvalue weighted by atomic mass is 10.2. The molecule has 0 rings (SSSR count). The molecular formula is C19H29NO6. The van der Waals surface area contributed by atoms with Crippen molar-refractivity contribution < 1.29 is 28.6 Å². The molecule has 0 bridgehead atoms. The van der Waals surface area contributed by atoms with Crippen LogP contribution < -0.4 is 0 Å². The van der Waals surface area contributed by atoms with E-state index in [2.05, 4.69) is 19.7 Å². The molecule has 26 heavy (non-hydrogen) atoms. The first-order chi connectivity index (χ1) is 12.1. The fraction of sp³-hybridized carbons (Fsp3) is 0.526. The SMILES string of the molecule is C=CC(=O)OC(C)CN(CC(C)OC(=O)C=C)CC(C)OC(=O)C(=C)C. The van der Waals surface area contributed by atoms with Gasteiger partial charge in [-0.15, -0.1) is 0 Å². The van der Waals surface area contributed by atoms with E-state index in [0.717, 1.165) is 12.2 Å². The lowest BCUT2D eigenvalue weighted by molar-refractivity contribution is -0.146. The predicted octanol–water partition coefficient (Wildman–Crippen LogP) is 2.03. The molecule has 0 aromatic heterocycles. The molecule has 0 radical (unpaired) electrons. The molecule has 0 saturated carbocycles. The molecule has 0 aromatic rings. The molecule has 0 saturated heterocycles. The first kappa shape index (κ1) is 23.6. The molecule has 0 N–H and O–H groups in total. The second-order valence-corrected chi connectivity index (χ2v) is 6.12. The van der Waals surface area contributed by atoms with Gasteiger partial charge in [0.25, 0.3) is 0 Å². The molecule has 0 amide bonds. The number of hydrogen-bond donors (Lipinski definition) is 0. The van der Waals surface area contributed by atoms with Gasteiger partial charge in [0.1, 0.15) is 18.3 Å². The summed E-state index contributed by atoms with van der Waals surface area (Å²) >= 11 is 0. The number of esters is 3. The van der Waals surface area contributed by atoms with E-state index in [4.69, 9.17) is 14.2 Å². The normalized spacial score (nSPS) is 13.9. The fourth-order valence-corrected chi connectivity index (χ4v) is 2.20. The van der Waals surface area contributed by atoms with Crippen LogP contribution in [0.2, 0.25) is 0 Å². The number of hydrogen-bond acceptors (Lipinski definition) is 7. The first-order valence-corrected chi connectivity index (χ1v) is 8.33. The topological polar surface area (TPSA) is 82.1 Å². The van der Waals surface area contributed by atoms with E-state index in [9.17, 15) is 14.4 Å². The van der Waals surface area contributed by atoms with E-state index in [1.807, 2.05) is 4.90 Å². The third-order valence-corrected chi connectivity index (χ3v) is 3.17. The molecular weight excluding hydrogens is 338 g/mol. The van der Waals surface area contributed by atoms with Gasteiger partial charge in [0.2, 0.25) is 0 Å². The quantitative estimate of drug-likeness (QED) is 0.296. The van der Waals surface area contributed by atoms with Crippen molar-refractivity contribution in [2.45, 2.75) is 46.0 Å². The highest BCUT2D eigenvalue weighted by Crippen LogP contribution is 2.07. The van der Waals surface area contributed by atoms with Crippen LogP contribution in [0.5, 0.6) is 0 Å². The molecule has 0 aliphatic carbocycles. The lowest BCUT2D eigenvalue weighted by Crippen LogP contribution is -2.43. The largest absolute Gasteiger partial charge is 0.458 e. The van der Waals surface area contributed by atoms with Gasteiger partial charge in [-0.1, -0.05) is 19.7 Å². The number of carbonyl (C=O) groups is 3. The van der Waals surface area contributed by atoms with Gasteiger partial charge in [0.15, 0.2) is 0 Å². The zero-order valence-electron chi connectivity index (χ0n) is 16.0. The summed E-state index contributed by atoms with van der Waals surface area (Å²) in [7, 11) is 0. The molecule has 0 aliphatic heterocycles. The highest BCUT2D eigenvalue weighted by atomic mass is 16.6. The summed E-state index contributed by atoms with van der Waals surface area (Å²) in [5, 5.41) is 0. The van der Waals surface area contributed by atoms with Gasteiger partial charge >= 0.3 is 17.9 Å². The van der Waals surface area contributed by atoms with Crippen molar-refractivity contribution in [1.82, 2.24) is 4.90 Å². The number of carbonyl (C=O) groups excluding carboxylic acids is 3. The van der Waals surface area contributed by atoms with Crippen LogP contribution in [0.3, 0.4) is 0 Å². The minimum absolute atomic E-state index is 0.310. The summed E-state index contributed by atoms with van der Waals surface area (Å²) in [6.07, 6.45) is 0.904. The molecule has 3 unspecified atom stereocenters. The minimum atomic E-state index is -0.523. The molecule has 0 aromatic carbocycles. The van der Waals surface area contributed by atoms with Crippen LogP contribution in [0.15, 0.2) is 37.5 Å². The number of ether oxygens (including phenoxy) is 3. The average molecular weight is 367 g/mol. The van der Waals surface area contributed by atoms with E-state index in [0.29, 0.717) is 25.2 Å². The van der Waals surface area contributed by atoms with Crippen molar-refractivity contribution in [2.24, 2.45) is 0 Å². The summed E-state index contributed by atoms with van der Waals surface area (Å²) in [6, 6.07) is 0. The van der Waals surface area contributed by atoms with Gasteiger partial charge in [-0.05, 0) is 27.7 Å². The van der Waals surface area contributed by atoms with Crippen LogP contribution in [-0.2, 0) is 28.6 Å². The van der Waals surface area contributed by atoms with Crippen molar-refractivity contribution in [1.29, 1.82) is 0 Å². The van der Waals surface area contributed by atoms with Gasteiger partial charge in [-0.3, -0.25) is 4.90 Å². The average Bonchev–Trinajstić information content (AvgIpc) is 2.53. The van der Waals surface area contributed by atoms with Crippen molar-refractivity contribution in [2.75, 3.05) is 19.6 Å². The summed E-state index contributed by atoms with van der Waals surface area (Å²) in [5.41, 5.74) is 0.310. The van der Waals surface area contributed by atoms with E-state index < -0.39 is 36.2 Å². The smallest absolute Gasteiger partial charge is 0.333 e. The third-order valence-electron chi connectivity index (χ3n) is 3.17. The van der Waals surface area contributed by atoms with Crippen LogP contribution in [0, 0.1) is 0 Å². The summed E-state index contributed by atoms with van der Waals surface area (Å²) in [4.78, 5) is 36.2. The van der Waals surface area contributed by atoms with Crippen LogP contribution in [-0.4, -0.2) is 60.8 Å². The third kappa shape index (κ3) is 10.5. The van der Waals surface area contributed by atoms with Gasteiger partial charge in [-0.2, -0.15) is 0 Å². The lowest BCUT2D eigenvalue weighted by Gasteiger charge is -2.29. The number of rotatable bonds is 12. The van der Waals surface area contributed by atoms with Crippen molar-refractivity contribution in [3.8, 4) is 0 Å². The Bertz CT molecular complexity index is 512. The van der Waals surface area contributed by atoms with Gasteiger partial charge in [0.05, 0.1) is 0 Å². The standard InChI is InChI=1S/C19H29NO6/c1-8-17(21)24-14(5)10-20(11-15(6)25-18(22)9-2)12-16(7)26-19(23)13(3)4/h8-9,14-16H,1-3,10-12H2,4-7H3. The van der Waals surface area contributed by atoms with Gasteiger partial charge in [0, 0.05) is 37.4 Å². The Hall–Kier alpha value is -2.41. The predicted molar refractivity (Wildman–Crippen MR) is 98.3 cm³/mol. The fourth-order valence-electron chi connectivity index (χ4n) is 2.20. The van der Waals surface area contributed by atoms with Crippen LogP contribution in [0.25, 0.3) is 0 Å². The van der Waals surface area contributed by atoms with Crippen LogP contribution >= 0.6 is 0 Å². The minimum Gasteiger partial charge on any atom is -0.458 e. The van der Waals surface area contributed by atoms with Gasteiger partial charge < -0.3 is 14.2 Å².